The average molecular weight is 325 g/mol. The van der Waals surface area contributed by atoms with Crippen molar-refractivity contribution in [1.82, 2.24) is 10.2 Å². The minimum atomic E-state index is -0.338. The Morgan fingerprint density at radius 2 is 1.95 bits per heavy atom. The summed E-state index contributed by atoms with van der Waals surface area (Å²) in [5.41, 5.74) is 0.624. The minimum Gasteiger partial charge on any atom is -0.357 e. The summed E-state index contributed by atoms with van der Waals surface area (Å²) < 4.78 is 0.936. The first-order chi connectivity index (χ1) is 9.13. The number of piperidine rings is 1. The van der Waals surface area contributed by atoms with Crippen molar-refractivity contribution >= 4 is 27.7 Å². The van der Waals surface area contributed by atoms with Crippen LogP contribution in [0.25, 0.3) is 0 Å². The quantitative estimate of drug-likeness (QED) is 0.906. The molecule has 2 rings (SSSR count). The molecule has 0 aromatic heterocycles. The Balaban J connectivity index is 2.20. The number of hydrogen-bond donors (Lipinski definition) is 1. The molecule has 0 aliphatic carbocycles. The number of amides is 2. The number of rotatable bonds is 2. The maximum absolute atomic E-state index is 12.5. The smallest absolute Gasteiger partial charge is 0.254 e. The Morgan fingerprint density at radius 1 is 1.26 bits per heavy atom. The zero-order valence-electron chi connectivity index (χ0n) is 10.9. The van der Waals surface area contributed by atoms with E-state index in [1.165, 1.54) is 0 Å². The number of likely N-dealkylation sites (tertiary alicyclic amines) is 1. The summed E-state index contributed by atoms with van der Waals surface area (Å²) in [7, 11) is 1.61. The van der Waals surface area contributed by atoms with Crippen molar-refractivity contribution < 1.29 is 9.59 Å². The lowest BCUT2D eigenvalue weighted by atomic mass is 10.00. The summed E-state index contributed by atoms with van der Waals surface area (Å²) in [6, 6.07) is 6.90. The van der Waals surface area contributed by atoms with Crippen LogP contribution < -0.4 is 5.32 Å². The minimum absolute atomic E-state index is 0.0687. The van der Waals surface area contributed by atoms with Crippen molar-refractivity contribution in [1.29, 1.82) is 0 Å². The number of nitrogens with zero attached hydrogens (tertiary/aromatic N) is 1. The highest BCUT2D eigenvalue weighted by atomic mass is 79.9. The lowest BCUT2D eigenvalue weighted by Crippen LogP contribution is -2.51. The summed E-state index contributed by atoms with van der Waals surface area (Å²) in [6.45, 7) is 0.646. The van der Waals surface area contributed by atoms with Crippen molar-refractivity contribution in [3.05, 3.63) is 34.3 Å². The predicted molar refractivity (Wildman–Crippen MR) is 76.9 cm³/mol. The SMILES string of the molecule is CNC(=O)C1CCCCN1C(=O)c1ccc(Br)cc1. The summed E-state index contributed by atoms with van der Waals surface area (Å²) in [5.74, 6) is -0.147. The van der Waals surface area contributed by atoms with E-state index in [1.807, 2.05) is 12.1 Å². The molecule has 1 unspecified atom stereocenters. The van der Waals surface area contributed by atoms with Crippen LogP contribution in [0, 0.1) is 0 Å². The fourth-order valence-corrected chi connectivity index (χ4v) is 2.64. The summed E-state index contributed by atoms with van der Waals surface area (Å²) in [5, 5.41) is 2.64. The summed E-state index contributed by atoms with van der Waals surface area (Å²) in [4.78, 5) is 26.0. The lowest BCUT2D eigenvalue weighted by molar-refractivity contribution is -0.126. The van der Waals surface area contributed by atoms with E-state index in [0.717, 1.165) is 23.7 Å². The monoisotopic (exact) mass is 324 g/mol. The average Bonchev–Trinajstić information content (AvgIpc) is 2.46. The van der Waals surface area contributed by atoms with Crippen LogP contribution >= 0.6 is 15.9 Å². The van der Waals surface area contributed by atoms with E-state index in [1.54, 1.807) is 24.1 Å². The number of halogens is 1. The third-order valence-electron chi connectivity index (χ3n) is 3.40. The molecule has 0 saturated carbocycles. The van der Waals surface area contributed by atoms with Gasteiger partial charge in [0.15, 0.2) is 0 Å². The largest absolute Gasteiger partial charge is 0.357 e. The third-order valence-corrected chi connectivity index (χ3v) is 3.93. The van der Waals surface area contributed by atoms with E-state index in [4.69, 9.17) is 0 Å². The molecular formula is C14H17BrN2O2. The van der Waals surface area contributed by atoms with Crippen LogP contribution in [-0.4, -0.2) is 36.3 Å². The van der Waals surface area contributed by atoms with Gasteiger partial charge in [-0.05, 0) is 43.5 Å². The Labute approximate surface area is 121 Å². The second kappa shape index (κ2) is 6.19. The second-order valence-electron chi connectivity index (χ2n) is 4.63. The van der Waals surface area contributed by atoms with Gasteiger partial charge in [0.25, 0.3) is 5.91 Å². The molecule has 0 spiro atoms. The van der Waals surface area contributed by atoms with Crippen LogP contribution in [0.1, 0.15) is 29.6 Å². The van der Waals surface area contributed by atoms with Crippen molar-refractivity contribution in [3.8, 4) is 0 Å². The van der Waals surface area contributed by atoms with Gasteiger partial charge in [-0.1, -0.05) is 15.9 Å². The van der Waals surface area contributed by atoms with E-state index in [0.29, 0.717) is 12.1 Å². The summed E-state index contributed by atoms with van der Waals surface area (Å²) in [6.07, 6.45) is 2.68. The highest BCUT2D eigenvalue weighted by Gasteiger charge is 2.31. The Bertz CT molecular complexity index is 473. The van der Waals surface area contributed by atoms with E-state index in [9.17, 15) is 9.59 Å². The Kier molecular flexibility index (Phi) is 4.58. The fourth-order valence-electron chi connectivity index (χ4n) is 2.37. The molecule has 0 bridgehead atoms. The fraction of sp³-hybridized carbons (Fsp3) is 0.429. The third kappa shape index (κ3) is 3.15. The van der Waals surface area contributed by atoms with Gasteiger partial charge in [0.05, 0.1) is 0 Å². The number of likely N-dealkylation sites (N-methyl/N-ethyl adjacent to an activating group) is 1. The van der Waals surface area contributed by atoms with Gasteiger partial charge in [0.2, 0.25) is 5.91 Å². The highest BCUT2D eigenvalue weighted by Crippen LogP contribution is 2.20. The molecule has 1 aliphatic heterocycles. The zero-order chi connectivity index (χ0) is 13.8. The molecule has 1 aliphatic rings. The molecule has 19 heavy (non-hydrogen) atoms. The lowest BCUT2D eigenvalue weighted by Gasteiger charge is -2.34. The van der Waals surface area contributed by atoms with E-state index in [2.05, 4.69) is 21.2 Å². The first kappa shape index (κ1) is 14.1. The van der Waals surface area contributed by atoms with Gasteiger partial charge >= 0.3 is 0 Å². The van der Waals surface area contributed by atoms with Gasteiger partial charge in [-0.25, -0.2) is 0 Å². The van der Waals surface area contributed by atoms with Crippen molar-refractivity contribution in [2.45, 2.75) is 25.3 Å². The van der Waals surface area contributed by atoms with Gasteiger partial charge in [0, 0.05) is 23.6 Å². The van der Waals surface area contributed by atoms with Crippen molar-refractivity contribution in [3.63, 3.8) is 0 Å². The molecule has 102 valence electrons. The molecule has 5 heteroatoms. The highest BCUT2D eigenvalue weighted by molar-refractivity contribution is 9.10. The number of nitrogens with one attached hydrogen (secondary N) is 1. The maximum atomic E-state index is 12.5. The molecule has 1 aromatic rings. The van der Waals surface area contributed by atoms with Gasteiger partial charge in [-0.15, -0.1) is 0 Å². The van der Waals surface area contributed by atoms with Crippen molar-refractivity contribution in [2.24, 2.45) is 0 Å². The normalized spacial score (nSPS) is 19.1. The maximum Gasteiger partial charge on any atom is 0.254 e. The number of benzene rings is 1. The van der Waals surface area contributed by atoms with E-state index >= 15 is 0 Å². The van der Waals surface area contributed by atoms with Crippen LogP contribution in [0.15, 0.2) is 28.7 Å². The first-order valence-electron chi connectivity index (χ1n) is 6.41. The van der Waals surface area contributed by atoms with E-state index < -0.39 is 0 Å². The molecule has 1 atom stereocenters. The molecule has 4 nitrogen and oxygen atoms in total. The number of carbonyl (C=O) groups excluding carboxylic acids is 2. The second-order valence-corrected chi connectivity index (χ2v) is 5.55. The molecule has 1 fully saturated rings. The standard InChI is InChI=1S/C14H17BrN2O2/c1-16-13(18)12-4-2-3-9-17(12)14(19)10-5-7-11(15)8-6-10/h5-8,12H,2-4,9H2,1H3,(H,16,18). The topological polar surface area (TPSA) is 49.4 Å². The van der Waals surface area contributed by atoms with Gasteiger partial charge in [-0.3, -0.25) is 9.59 Å². The van der Waals surface area contributed by atoms with Crippen molar-refractivity contribution in [2.75, 3.05) is 13.6 Å². The van der Waals surface area contributed by atoms with Crippen LogP contribution in [0.2, 0.25) is 0 Å². The van der Waals surface area contributed by atoms with Gasteiger partial charge in [0.1, 0.15) is 6.04 Å². The summed E-state index contributed by atoms with van der Waals surface area (Å²) >= 11 is 3.35. The molecule has 1 heterocycles. The molecule has 1 aromatic carbocycles. The van der Waals surface area contributed by atoms with Gasteiger partial charge in [-0.2, -0.15) is 0 Å². The number of hydrogen-bond acceptors (Lipinski definition) is 2. The number of carbonyl (C=O) groups is 2. The van der Waals surface area contributed by atoms with Gasteiger partial charge < -0.3 is 10.2 Å². The van der Waals surface area contributed by atoms with Crippen LogP contribution in [0.5, 0.6) is 0 Å². The molecule has 1 N–H and O–H groups in total. The molecular weight excluding hydrogens is 308 g/mol. The predicted octanol–water partition coefficient (Wildman–Crippen LogP) is 2.19. The molecule has 1 saturated heterocycles. The Hall–Kier alpha value is -1.36. The first-order valence-corrected chi connectivity index (χ1v) is 7.21. The zero-order valence-corrected chi connectivity index (χ0v) is 12.4. The Morgan fingerprint density at radius 3 is 2.58 bits per heavy atom. The van der Waals surface area contributed by atoms with Crippen LogP contribution in [-0.2, 0) is 4.79 Å². The van der Waals surface area contributed by atoms with E-state index in [-0.39, 0.29) is 17.9 Å². The van der Waals surface area contributed by atoms with Crippen LogP contribution in [0.3, 0.4) is 0 Å². The van der Waals surface area contributed by atoms with Crippen LogP contribution in [0.4, 0.5) is 0 Å². The molecule has 0 radical (unpaired) electrons. The molecule has 2 amide bonds.